The van der Waals surface area contributed by atoms with Crippen LogP contribution in [0.1, 0.15) is 51.3 Å². The molecule has 0 bridgehead atoms. The Morgan fingerprint density at radius 3 is 2.58 bits per heavy atom. The average molecular weight is 536 g/mol. The Morgan fingerprint density at radius 2 is 1.92 bits per heavy atom. The molecular formula is C28H29N3O6S. The molecule has 3 aromatic rings. The third kappa shape index (κ3) is 5.60. The summed E-state index contributed by atoms with van der Waals surface area (Å²) in [5.41, 5.74) is 1.23. The van der Waals surface area contributed by atoms with E-state index in [1.807, 2.05) is 32.9 Å². The molecule has 198 valence electrons. The molecule has 4 rings (SSSR count). The van der Waals surface area contributed by atoms with Gasteiger partial charge in [0.2, 0.25) is 0 Å². The summed E-state index contributed by atoms with van der Waals surface area (Å²) in [4.78, 5) is 43.0. The lowest BCUT2D eigenvalue weighted by atomic mass is 9.96. The monoisotopic (exact) mass is 535 g/mol. The maximum absolute atomic E-state index is 13.7. The summed E-state index contributed by atoms with van der Waals surface area (Å²) < 4.78 is 13.0. The van der Waals surface area contributed by atoms with Gasteiger partial charge in [0.25, 0.3) is 11.2 Å². The lowest BCUT2D eigenvalue weighted by Gasteiger charge is -2.25. The molecule has 2 aromatic carbocycles. The van der Waals surface area contributed by atoms with Gasteiger partial charge in [-0.05, 0) is 49.1 Å². The number of fused-ring (bicyclic) bond motifs is 1. The van der Waals surface area contributed by atoms with E-state index in [1.165, 1.54) is 16.7 Å². The zero-order chi connectivity index (χ0) is 27.4. The topological polar surface area (TPSA) is 113 Å². The van der Waals surface area contributed by atoms with E-state index in [4.69, 9.17) is 9.47 Å². The number of nitro groups is 1. The number of nitro benzene ring substituents is 1. The van der Waals surface area contributed by atoms with E-state index in [-0.39, 0.29) is 28.3 Å². The highest BCUT2D eigenvalue weighted by molar-refractivity contribution is 7.07. The number of hydrogen-bond acceptors (Lipinski definition) is 8. The van der Waals surface area contributed by atoms with Crippen LogP contribution >= 0.6 is 11.3 Å². The number of allylic oxidation sites excluding steroid dienone is 1. The highest BCUT2D eigenvalue weighted by atomic mass is 32.1. The summed E-state index contributed by atoms with van der Waals surface area (Å²) in [5.74, 6) is 0.282. The van der Waals surface area contributed by atoms with Gasteiger partial charge < -0.3 is 9.47 Å². The van der Waals surface area contributed by atoms with Crippen LogP contribution in [0.15, 0.2) is 69.6 Å². The van der Waals surface area contributed by atoms with Crippen molar-refractivity contribution in [2.45, 2.75) is 40.2 Å². The predicted octanol–water partition coefficient (Wildman–Crippen LogP) is 4.13. The molecule has 0 fully saturated rings. The first-order chi connectivity index (χ1) is 18.2. The molecule has 0 N–H and O–H groups in total. The van der Waals surface area contributed by atoms with Gasteiger partial charge in [0.05, 0.1) is 45.5 Å². The number of nitrogens with zero attached hydrogens (tertiary/aromatic N) is 3. The van der Waals surface area contributed by atoms with Crippen LogP contribution in [-0.4, -0.2) is 28.7 Å². The Bertz CT molecular complexity index is 1570. The third-order valence-corrected chi connectivity index (χ3v) is 6.86. The summed E-state index contributed by atoms with van der Waals surface area (Å²) in [6, 6.07) is 12.7. The van der Waals surface area contributed by atoms with Gasteiger partial charge >= 0.3 is 5.97 Å². The molecule has 9 nitrogen and oxygen atoms in total. The molecule has 1 aromatic heterocycles. The minimum absolute atomic E-state index is 0.105. The van der Waals surface area contributed by atoms with Crippen molar-refractivity contribution in [1.82, 2.24) is 4.57 Å². The molecule has 1 aliphatic heterocycles. The average Bonchev–Trinajstić information content (AvgIpc) is 3.19. The summed E-state index contributed by atoms with van der Waals surface area (Å²) >= 11 is 1.12. The van der Waals surface area contributed by atoms with Crippen LogP contribution in [0.5, 0.6) is 5.75 Å². The molecule has 38 heavy (non-hydrogen) atoms. The van der Waals surface area contributed by atoms with E-state index < -0.39 is 22.5 Å². The summed E-state index contributed by atoms with van der Waals surface area (Å²) in [7, 11) is 0. The fourth-order valence-corrected chi connectivity index (χ4v) is 5.14. The van der Waals surface area contributed by atoms with Gasteiger partial charge in [0.15, 0.2) is 4.80 Å². The molecular weight excluding hydrogens is 506 g/mol. The molecule has 0 saturated heterocycles. The first-order valence-electron chi connectivity index (χ1n) is 12.4. The van der Waals surface area contributed by atoms with E-state index in [0.29, 0.717) is 34.0 Å². The molecule has 0 amide bonds. The van der Waals surface area contributed by atoms with Gasteiger partial charge in [-0.15, -0.1) is 0 Å². The van der Waals surface area contributed by atoms with Gasteiger partial charge in [-0.3, -0.25) is 19.5 Å². The number of esters is 1. The molecule has 1 aliphatic rings. The van der Waals surface area contributed by atoms with Crippen molar-refractivity contribution in [3.8, 4) is 5.75 Å². The van der Waals surface area contributed by atoms with Crippen molar-refractivity contribution in [3.05, 3.63) is 101 Å². The molecule has 0 radical (unpaired) electrons. The Hall–Kier alpha value is -4.05. The fourth-order valence-electron chi connectivity index (χ4n) is 4.10. The van der Waals surface area contributed by atoms with E-state index in [2.05, 4.69) is 4.99 Å². The van der Waals surface area contributed by atoms with Crippen LogP contribution in [-0.2, 0) is 9.53 Å². The van der Waals surface area contributed by atoms with Crippen molar-refractivity contribution in [2.24, 2.45) is 10.9 Å². The maximum atomic E-state index is 13.7. The Balaban J connectivity index is 1.88. The SMILES string of the molecule is CCCOc1ccc(C2C(C(=O)OCC(C)C)=C(C)N=c3s/c(=C\c4ccccc4[N+](=O)[O-])c(=O)n32)cc1. The number of rotatable bonds is 9. The lowest BCUT2D eigenvalue weighted by molar-refractivity contribution is -0.385. The van der Waals surface area contributed by atoms with Gasteiger partial charge in [-0.1, -0.05) is 56.4 Å². The molecule has 1 atom stereocenters. The maximum Gasteiger partial charge on any atom is 0.338 e. The summed E-state index contributed by atoms with van der Waals surface area (Å²) in [5, 5.41) is 11.5. The molecule has 0 saturated carbocycles. The van der Waals surface area contributed by atoms with Gasteiger partial charge in [0, 0.05) is 6.07 Å². The predicted molar refractivity (Wildman–Crippen MR) is 145 cm³/mol. The van der Waals surface area contributed by atoms with E-state index in [0.717, 1.165) is 17.8 Å². The number of benzene rings is 2. The Morgan fingerprint density at radius 1 is 1.21 bits per heavy atom. The number of thiazole rings is 1. The number of para-hydroxylation sites is 1. The van der Waals surface area contributed by atoms with E-state index in [9.17, 15) is 19.7 Å². The summed E-state index contributed by atoms with van der Waals surface area (Å²) in [6.45, 7) is 8.43. The molecule has 10 heteroatoms. The molecule has 2 heterocycles. The molecule has 0 aliphatic carbocycles. The van der Waals surface area contributed by atoms with Crippen molar-refractivity contribution >= 4 is 29.1 Å². The third-order valence-electron chi connectivity index (χ3n) is 5.88. The second-order valence-electron chi connectivity index (χ2n) is 9.31. The van der Waals surface area contributed by atoms with E-state index >= 15 is 0 Å². The van der Waals surface area contributed by atoms with Crippen molar-refractivity contribution in [3.63, 3.8) is 0 Å². The first-order valence-corrected chi connectivity index (χ1v) is 13.2. The minimum Gasteiger partial charge on any atom is -0.494 e. The normalized spacial score (nSPS) is 15.3. The summed E-state index contributed by atoms with van der Waals surface area (Å²) in [6.07, 6.45) is 2.36. The highest BCUT2D eigenvalue weighted by Gasteiger charge is 2.33. The minimum atomic E-state index is -0.779. The van der Waals surface area contributed by atoms with Crippen LogP contribution in [0.2, 0.25) is 0 Å². The first kappa shape index (κ1) is 27.0. The van der Waals surface area contributed by atoms with Crippen LogP contribution in [0.3, 0.4) is 0 Å². The number of carbonyl (C=O) groups excluding carboxylic acids is 1. The van der Waals surface area contributed by atoms with Crippen LogP contribution in [0.4, 0.5) is 5.69 Å². The quantitative estimate of drug-likeness (QED) is 0.231. The second-order valence-corrected chi connectivity index (χ2v) is 10.3. The Labute approximate surface area is 223 Å². The van der Waals surface area contributed by atoms with Gasteiger partial charge in [-0.25, -0.2) is 9.79 Å². The smallest absolute Gasteiger partial charge is 0.338 e. The fraction of sp³-hybridized carbons (Fsp3) is 0.321. The molecule has 1 unspecified atom stereocenters. The number of carbonyl (C=O) groups is 1. The van der Waals surface area contributed by atoms with Gasteiger partial charge in [-0.2, -0.15) is 0 Å². The van der Waals surface area contributed by atoms with Crippen molar-refractivity contribution in [2.75, 3.05) is 13.2 Å². The Kier molecular flexibility index (Phi) is 8.21. The number of aromatic nitrogens is 1. The van der Waals surface area contributed by atoms with Crippen LogP contribution in [0.25, 0.3) is 6.08 Å². The number of hydrogen-bond donors (Lipinski definition) is 0. The lowest BCUT2D eigenvalue weighted by Crippen LogP contribution is -2.40. The largest absolute Gasteiger partial charge is 0.494 e. The zero-order valence-electron chi connectivity index (χ0n) is 21.7. The second kappa shape index (κ2) is 11.6. The van der Waals surface area contributed by atoms with Crippen LogP contribution < -0.4 is 19.6 Å². The van der Waals surface area contributed by atoms with Crippen LogP contribution in [0, 0.1) is 16.0 Å². The van der Waals surface area contributed by atoms with Crippen molar-refractivity contribution in [1.29, 1.82) is 0 Å². The number of ether oxygens (including phenoxy) is 2. The highest BCUT2D eigenvalue weighted by Crippen LogP contribution is 2.32. The molecule has 0 spiro atoms. The van der Waals surface area contributed by atoms with Crippen molar-refractivity contribution < 1.29 is 19.2 Å². The van der Waals surface area contributed by atoms with Gasteiger partial charge in [0.1, 0.15) is 5.75 Å². The standard InChI is InChI=1S/C28H29N3O6S/c1-5-14-36-21-12-10-19(11-13-21)25-24(27(33)37-16-17(2)3)18(4)29-28-30(25)26(32)23(38-28)15-20-8-6-7-9-22(20)31(34)35/h6-13,15,17,25H,5,14,16H2,1-4H3/b23-15-. The van der Waals surface area contributed by atoms with E-state index in [1.54, 1.807) is 37.3 Å². The zero-order valence-corrected chi connectivity index (χ0v) is 22.5.